The average Bonchev–Trinajstić information content (AvgIpc) is 3.30. The summed E-state index contributed by atoms with van der Waals surface area (Å²) in [6.07, 6.45) is 2.67. The van der Waals surface area contributed by atoms with Crippen molar-refractivity contribution in [2.24, 2.45) is 0 Å². The van der Waals surface area contributed by atoms with Gasteiger partial charge in [0, 0.05) is 19.2 Å². The van der Waals surface area contributed by atoms with E-state index >= 15 is 0 Å². The van der Waals surface area contributed by atoms with E-state index in [9.17, 15) is 4.79 Å². The SMILES string of the molecule is CCCn1cnnc1CN(C)C(=O)NCc1nc(-c2ccccc2)n[nH]1. The van der Waals surface area contributed by atoms with Gasteiger partial charge in [-0.15, -0.1) is 10.2 Å². The van der Waals surface area contributed by atoms with Crippen LogP contribution in [0.5, 0.6) is 0 Å². The fraction of sp³-hybridized carbons (Fsp3) is 0.353. The third kappa shape index (κ3) is 4.24. The first-order valence-electron chi connectivity index (χ1n) is 8.49. The van der Waals surface area contributed by atoms with Gasteiger partial charge in [0.05, 0.1) is 13.1 Å². The fourth-order valence-electron chi connectivity index (χ4n) is 2.50. The largest absolute Gasteiger partial charge is 0.331 e. The molecule has 0 unspecified atom stereocenters. The maximum atomic E-state index is 12.3. The molecule has 0 saturated carbocycles. The summed E-state index contributed by atoms with van der Waals surface area (Å²) in [6, 6.07) is 9.46. The molecule has 1 aromatic carbocycles. The van der Waals surface area contributed by atoms with Crippen molar-refractivity contribution in [2.75, 3.05) is 7.05 Å². The number of urea groups is 1. The number of rotatable bonds is 7. The number of carbonyl (C=O) groups excluding carboxylic acids is 1. The summed E-state index contributed by atoms with van der Waals surface area (Å²) in [4.78, 5) is 18.2. The molecule has 0 atom stereocenters. The zero-order valence-corrected chi connectivity index (χ0v) is 14.9. The van der Waals surface area contributed by atoms with Crippen molar-refractivity contribution in [2.45, 2.75) is 33.0 Å². The molecule has 0 radical (unpaired) electrons. The Morgan fingerprint density at radius 2 is 2.12 bits per heavy atom. The van der Waals surface area contributed by atoms with Crippen molar-refractivity contribution in [3.8, 4) is 11.4 Å². The second kappa shape index (κ2) is 8.24. The van der Waals surface area contributed by atoms with E-state index in [2.05, 4.69) is 37.6 Å². The van der Waals surface area contributed by atoms with Crippen LogP contribution in [-0.2, 0) is 19.6 Å². The highest BCUT2D eigenvalue weighted by Crippen LogP contribution is 2.13. The first-order chi connectivity index (χ1) is 12.7. The molecule has 0 fully saturated rings. The first-order valence-corrected chi connectivity index (χ1v) is 8.49. The van der Waals surface area contributed by atoms with E-state index in [-0.39, 0.29) is 12.6 Å². The minimum absolute atomic E-state index is 0.214. The second-order valence-electron chi connectivity index (χ2n) is 5.93. The van der Waals surface area contributed by atoms with Gasteiger partial charge >= 0.3 is 6.03 Å². The van der Waals surface area contributed by atoms with Crippen molar-refractivity contribution >= 4 is 6.03 Å². The van der Waals surface area contributed by atoms with Crippen molar-refractivity contribution < 1.29 is 4.79 Å². The molecule has 3 rings (SSSR count). The quantitative estimate of drug-likeness (QED) is 0.673. The molecule has 0 aliphatic carbocycles. The van der Waals surface area contributed by atoms with Gasteiger partial charge in [-0.1, -0.05) is 37.3 Å². The van der Waals surface area contributed by atoms with Crippen LogP contribution in [0.1, 0.15) is 25.0 Å². The number of nitrogens with zero attached hydrogens (tertiary/aromatic N) is 6. The van der Waals surface area contributed by atoms with Crippen LogP contribution in [-0.4, -0.2) is 47.9 Å². The maximum absolute atomic E-state index is 12.3. The van der Waals surface area contributed by atoms with E-state index < -0.39 is 0 Å². The van der Waals surface area contributed by atoms with Crippen molar-refractivity contribution in [3.05, 3.63) is 48.3 Å². The molecule has 2 amide bonds. The van der Waals surface area contributed by atoms with Crippen LogP contribution in [0.15, 0.2) is 36.7 Å². The lowest BCUT2D eigenvalue weighted by atomic mass is 10.2. The third-order valence-corrected chi connectivity index (χ3v) is 3.86. The van der Waals surface area contributed by atoms with E-state index in [0.29, 0.717) is 18.2 Å². The molecule has 9 heteroatoms. The van der Waals surface area contributed by atoms with Crippen LogP contribution >= 0.6 is 0 Å². The Hall–Kier alpha value is -3.23. The van der Waals surface area contributed by atoms with Crippen LogP contribution in [0.3, 0.4) is 0 Å². The van der Waals surface area contributed by atoms with E-state index in [4.69, 9.17) is 0 Å². The van der Waals surface area contributed by atoms with E-state index in [0.717, 1.165) is 24.4 Å². The van der Waals surface area contributed by atoms with Gasteiger partial charge in [0.25, 0.3) is 0 Å². The monoisotopic (exact) mass is 354 g/mol. The van der Waals surface area contributed by atoms with Crippen LogP contribution in [0, 0.1) is 0 Å². The number of nitrogens with one attached hydrogen (secondary N) is 2. The standard InChI is InChI=1S/C17H22N8O/c1-3-9-25-12-19-22-15(25)11-24(2)17(26)18-10-14-20-16(23-21-14)13-7-5-4-6-8-13/h4-8,12H,3,9-11H2,1-2H3,(H,18,26)(H,20,21,23). The number of benzene rings is 1. The summed E-state index contributed by atoms with van der Waals surface area (Å²) >= 11 is 0. The van der Waals surface area contributed by atoms with Crippen molar-refractivity contribution in [3.63, 3.8) is 0 Å². The molecule has 26 heavy (non-hydrogen) atoms. The molecule has 0 spiro atoms. The second-order valence-corrected chi connectivity index (χ2v) is 5.93. The molecule has 9 nitrogen and oxygen atoms in total. The summed E-state index contributed by atoms with van der Waals surface area (Å²) in [7, 11) is 1.72. The summed E-state index contributed by atoms with van der Waals surface area (Å²) in [5, 5.41) is 17.8. The molecular weight excluding hydrogens is 332 g/mol. The van der Waals surface area contributed by atoms with Crippen LogP contribution in [0.2, 0.25) is 0 Å². The highest BCUT2D eigenvalue weighted by atomic mass is 16.2. The Labute approximate surface area is 151 Å². The highest BCUT2D eigenvalue weighted by Gasteiger charge is 2.13. The predicted molar refractivity (Wildman–Crippen MR) is 95.8 cm³/mol. The number of hydrogen-bond acceptors (Lipinski definition) is 5. The Kier molecular flexibility index (Phi) is 5.57. The molecule has 0 aliphatic heterocycles. The molecule has 0 aliphatic rings. The minimum atomic E-state index is -0.214. The number of aromatic amines is 1. The Morgan fingerprint density at radius 3 is 2.88 bits per heavy atom. The molecule has 136 valence electrons. The highest BCUT2D eigenvalue weighted by molar-refractivity contribution is 5.73. The number of carbonyl (C=O) groups is 1. The average molecular weight is 354 g/mol. The van der Waals surface area contributed by atoms with Crippen molar-refractivity contribution in [1.82, 2.24) is 40.2 Å². The smallest absolute Gasteiger partial charge is 0.317 e. The first kappa shape index (κ1) is 17.6. The maximum Gasteiger partial charge on any atom is 0.317 e. The molecule has 0 saturated heterocycles. The summed E-state index contributed by atoms with van der Waals surface area (Å²) in [5.74, 6) is 1.96. The molecular formula is C17H22N8O. The molecule has 2 N–H and O–H groups in total. The lowest BCUT2D eigenvalue weighted by Crippen LogP contribution is -2.37. The molecule has 2 aromatic heterocycles. The fourth-order valence-corrected chi connectivity index (χ4v) is 2.50. The van der Waals surface area contributed by atoms with Gasteiger partial charge < -0.3 is 14.8 Å². The van der Waals surface area contributed by atoms with Gasteiger partial charge in [-0.2, -0.15) is 5.10 Å². The number of aryl methyl sites for hydroxylation is 1. The van der Waals surface area contributed by atoms with Crippen LogP contribution < -0.4 is 5.32 Å². The van der Waals surface area contributed by atoms with Gasteiger partial charge in [0.15, 0.2) is 11.6 Å². The van der Waals surface area contributed by atoms with Gasteiger partial charge in [-0.25, -0.2) is 9.78 Å². The van der Waals surface area contributed by atoms with Gasteiger partial charge in [-0.3, -0.25) is 5.10 Å². The van der Waals surface area contributed by atoms with E-state index in [1.54, 1.807) is 18.3 Å². The van der Waals surface area contributed by atoms with E-state index in [1.807, 2.05) is 34.9 Å². The predicted octanol–water partition coefficient (Wildman–Crippen LogP) is 1.81. The normalized spacial score (nSPS) is 10.7. The van der Waals surface area contributed by atoms with Gasteiger partial charge in [-0.05, 0) is 6.42 Å². The van der Waals surface area contributed by atoms with Crippen LogP contribution in [0.25, 0.3) is 11.4 Å². The van der Waals surface area contributed by atoms with Gasteiger partial charge in [0.1, 0.15) is 12.2 Å². The Morgan fingerprint density at radius 1 is 1.31 bits per heavy atom. The lowest BCUT2D eigenvalue weighted by Gasteiger charge is -2.17. The summed E-state index contributed by atoms with van der Waals surface area (Å²) in [5.41, 5.74) is 0.925. The Bertz CT molecular complexity index is 841. The van der Waals surface area contributed by atoms with E-state index in [1.165, 1.54) is 0 Å². The lowest BCUT2D eigenvalue weighted by molar-refractivity contribution is 0.204. The van der Waals surface area contributed by atoms with Crippen molar-refractivity contribution in [1.29, 1.82) is 0 Å². The minimum Gasteiger partial charge on any atom is -0.331 e. The Balaban J connectivity index is 1.53. The summed E-state index contributed by atoms with van der Waals surface area (Å²) in [6.45, 7) is 3.57. The number of hydrogen-bond donors (Lipinski definition) is 2. The van der Waals surface area contributed by atoms with Gasteiger partial charge in [0.2, 0.25) is 0 Å². The van der Waals surface area contributed by atoms with Crippen LogP contribution in [0.4, 0.5) is 4.79 Å². The zero-order chi connectivity index (χ0) is 18.4. The number of H-pyrrole nitrogens is 1. The topological polar surface area (TPSA) is 105 Å². The molecule has 3 aromatic rings. The molecule has 2 heterocycles. The third-order valence-electron chi connectivity index (χ3n) is 3.86. The molecule has 0 bridgehead atoms. The zero-order valence-electron chi connectivity index (χ0n) is 14.9. The number of aromatic nitrogens is 6. The summed E-state index contributed by atoms with van der Waals surface area (Å²) < 4.78 is 1.95. The number of amides is 2.